The van der Waals surface area contributed by atoms with Crippen LogP contribution in [0.15, 0.2) is 54.6 Å². The van der Waals surface area contributed by atoms with E-state index in [4.69, 9.17) is 4.74 Å². The van der Waals surface area contributed by atoms with Crippen molar-refractivity contribution < 1.29 is 9.53 Å². The Morgan fingerprint density at radius 1 is 1.08 bits per heavy atom. The number of benzene rings is 2. The van der Waals surface area contributed by atoms with E-state index < -0.39 is 0 Å². The first-order valence-corrected chi connectivity index (χ1v) is 9.85. The topological polar surface area (TPSA) is 38.3 Å². The molecule has 1 N–H and O–H groups in total. The summed E-state index contributed by atoms with van der Waals surface area (Å²) >= 11 is 1.56. The number of fused-ring (bicyclic) bond motifs is 4. The van der Waals surface area contributed by atoms with Gasteiger partial charge in [0.15, 0.2) is 0 Å². The maximum absolute atomic E-state index is 12.9. The van der Waals surface area contributed by atoms with Gasteiger partial charge in [0.25, 0.3) is 5.91 Å². The van der Waals surface area contributed by atoms with Gasteiger partial charge in [-0.1, -0.05) is 36.4 Å². The van der Waals surface area contributed by atoms with Crippen molar-refractivity contribution in [2.45, 2.75) is 31.9 Å². The van der Waals surface area contributed by atoms with Crippen LogP contribution in [-0.4, -0.2) is 5.91 Å². The zero-order valence-corrected chi connectivity index (χ0v) is 15.1. The highest BCUT2D eigenvalue weighted by Gasteiger charge is 2.25. The van der Waals surface area contributed by atoms with Crippen LogP contribution in [0.5, 0.6) is 5.75 Å². The molecule has 0 saturated heterocycles. The van der Waals surface area contributed by atoms with Gasteiger partial charge in [-0.2, -0.15) is 0 Å². The van der Waals surface area contributed by atoms with Crippen LogP contribution in [0.2, 0.25) is 0 Å². The number of amides is 1. The summed E-state index contributed by atoms with van der Waals surface area (Å²) in [7, 11) is 0. The van der Waals surface area contributed by atoms with E-state index in [2.05, 4.69) is 35.6 Å². The third-order valence-electron chi connectivity index (χ3n) is 5.22. The molecule has 1 aliphatic heterocycles. The molecule has 3 nitrogen and oxygen atoms in total. The van der Waals surface area contributed by atoms with E-state index in [0.717, 1.165) is 45.9 Å². The van der Waals surface area contributed by atoms with E-state index in [1.807, 2.05) is 24.3 Å². The molecule has 26 heavy (non-hydrogen) atoms. The zero-order chi connectivity index (χ0) is 17.5. The summed E-state index contributed by atoms with van der Waals surface area (Å²) in [6.45, 7) is 0.530. The van der Waals surface area contributed by atoms with Crippen molar-refractivity contribution in [2.75, 3.05) is 0 Å². The molecule has 0 unspecified atom stereocenters. The van der Waals surface area contributed by atoms with Gasteiger partial charge in [0.1, 0.15) is 12.4 Å². The largest absolute Gasteiger partial charge is 0.488 e. The number of rotatable bonds is 2. The molecular weight excluding hydrogens is 342 g/mol. The SMILES string of the molecule is O=C(N[C@H]1CCCc2ccccc21)c1cc2c(s1)-c1ccccc1OC2. The van der Waals surface area contributed by atoms with Crippen molar-refractivity contribution in [3.63, 3.8) is 0 Å². The van der Waals surface area contributed by atoms with E-state index in [0.29, 0.717) is 6.61 Å². The minimum absolute atomic E-state index is 0.0172. The number of thiophene rings is 1. The maximum atomic E-state index is 12.9. The predicted molar refractivity (Wildman–Crippen MR) is 104 cm³/mol. The minimum atomic E-state index is 0.0172. The van der Waals surface area contributed by atoms with Gasteiger partial charge in [-0.3, -0.25) is 4.79 Å². The number of carbonyl (C=O) groups excluding carboxylic acids is 1. The fourth-order valence-electron chi connectivity index (χ4n) is 3.94. The first-order valence-electron chi connectivity index (χ1n) is 9.03. The molecule has 0 bridgehead atoms. The first kappa shape index (κ1) is 15.6. The highest BCUT2D eigenvalue weighted by molar-refractivity contribution is 7.17. The Labute approximate surface area is 156 Å². The van der Waals surface area contributed by atoms with Crippen LogP contribution in [0.4, 0.5) is 0 Å². The van der Waals surface area contributed by atoms with Gasteiger partial charge in [0.2, 0.25) is 0 Å². The molecule has 1 aromatic heterocycles. The number of aryl methyl sites for hydroxylation is 1. The van der Waals surface area contributed by atoms with Gasteiger partial charge in [-0.25, -0.2) is 0 Å². The fraction of sp³-hybridized carbons (Fsp3) is 0.227. The van der Waals surface area contributed by atoms with Crippen molar-refractivity contribution in [2.24, 2.45) is 0 Å². The van der Waals surface area contributed by atoms with Gasteiger partial charge < -0.3 is 10.1 Å². The van der Waals surface area contributed by atoms with Crippen molar-refractivity contribution >= 4 is 17.2 Å². The lowest BCUT2D eigenvalue weighted by molar-refractivity contribution is 0.0937. The van der Waals surface area contributed by atoms with E-state index in [1.54, 1.807) is 11.3 Å². The number of ether oxygens (including phenoxy) is 1. The van der Waals surface area contributed by atoms with Crippen LogP contribution < -0.4 is 10.1 Å². The van der Waals surface area contributed by atoms with Crippen LogP contribution >= 0.6 is 11.3 Å². The molecule has 2 aliphatic rings. The normalized spacial score (nSPS) is 17.5. The lowest BCUT2D eigenvalue weighted by atomic mass is 9.88. The van der Waals surface area contributed by atoms with E-state index in [1.165, 1.54) is 11.1 Å². The summed E-state index contributed by atoms with van der Waals surface area (Å²) < 4.78 is 5.81. The molecule has 130 valence electrons. The molecule has 0 spiro atoms. The molecular formula is C22H19NO2S. The molecule has 3 aromatic rings. The van der Waals surface area contributed by atoms with Gasteiger partial charge in [0, 0.05) is 16.0 Å². The highest BCUT2D eigenvalue weighted by atomic mass is 32.1. The molecule has 0 radical (unpaired) electrons. The lowest BCUT2D eigenvalue weighted by Crippen LogP contribution is -2.30. The Morgan fingerprint density at radius 3 is 2.88 bits per heavy atom. The number of carbonyl (C=O) groups is 1. The zero-order valence-electron chi connectivity index (χ0n) is 14.3. The van der Waals surface area contributed by atoms with Crippen molar-refractivity contribution in [3.05, 3.63) is 76.2 Å². The average Bonchev–Trinajstić information content (AvgIpc) is 3.13. The predicted octanol–water partition coefficient (Wildman–Crippen LogP) is 5.11. The standard InChI is InChI=1S/C22H19NO2S/c24-22(23-18-10-5-7-14-6-1-2-8-16(14)18)20-12-15-13-25-19-11-4-3-9-17(19)21(15)26-20/h1-4,6,8-9,11-12,18H,5,7,10,13H2,(H,23,24)/t18-/m0/s1. The number of nitrogens with one attached hydrogen (secondary N) is 1. The van der Waals surface area contributed by atoms with Gasteiger partial charge in [0.05, 0.1) is 10.9 Å². The second kappa shape index (κ2) is 6.29. The summed E-state index contributed by atoms with van der Waals surface area (Å²) in [6, 6.07) is 18.6. The minimum Gasteiger partial charge on any atom is -0.488 e. The molecule has 1 amide bonds. The van der Waals surface area contributed by atoms with Crippen LogP contribution in [-0.2, 0) is 13.0 Å². The van der Waals surface area contributed by atoms with Crippen molar-refractivity contribution in [1.29, 1.82) is 0 Å². The Morgan fingerprint density at radius 2 is 1.92 bits per heavy atom. The Balaban J connectivity index is 1.43. The Bertz CT molecular complexity index is 991. The van der Waals surface area contributed by atoms with Gasteiger partial charge >= 0.3 is 0 Å². The lowest BCUT2D eigenvalue weighted by Gasteiger charge is -2.26. The smallest absolute Gasteiger partial charge is 0.261 e. The van der Waals surface area contributed by atoms with Crippen LogP contribution in [0.25, 0.3) is 10.4 Å². The maximum Gasteiger partial charge on any atom is 0.261 e. The van der Waals surface area contributed by atoms with Crippen LogP contribution in [0.3, 0.4) is 0 Å². The third kappa shape index (κ3) is 2.61. The monoisotopic (exact) mass is 361 g/mol. The van der Waals surface area contributed by atoms with E-state index in [-0.39, 0.29) is 11.9 Å². The molecule has 2 heterocycles. The molecule has 2 aromatic carbocycles. The van der Waals surface area contributed by atoms with E-state index in [9.17, 15) is 4.79 Å². The summed E-state index contributed by atoms with van der Waals surface area (Å²) in [6.07, 6.45) is 3.22. The van der Waals surface area contributed by atoms with Gasteiger partial charge in [-0.15, -0.1) is 11.3 Å². The summed E-state index contributed by atoms with van der Waals surface area (Å²) in [5.41, 5.74) is 4.81. The molecule has 5 rings (SSSR count). The second-order valence-electron chi connectivity index (χ2n) is 6.87. The van der Waals surface area contributed by atoms with Crippen LogP contribution in [0.1, 0.15) is 45.2 Å². The molecule has 0 fully saturated rings. The molecule has 0 saturated carbocycles. The van der Waals surface area contributed by atoms with Crippen molar-refractivity contribution in [3.8, 4) is 16.2 Å². The number of hydrogen-bond donors (Lipinski definition) is 1. The Kier molecular flexibility index (Phi) is 3.79. The fourth-order valence-corrected chi connectivity index (χ4v) is 5.04. The number of hydrogen-bond acceptors (Lipinski definition) is 3. The quantitative estimate of drug-likeness (QED) is 0.688. The second-order valence-corrected chi connectivity index (χ2v) is 7.92. The third-order valence-corrected chi connectivity index (χ3v) is 6.43. The molecule has 4 heteroatoms. The highest BCUT2D eigenvalue weighted by Crippen LogP contribution is 2.42. The number of para-hydroxylation sites is 1. The Hall–Kier alpha value is -2.59. The molecule has 1 aliphatic carbocycles. The summed E-state index contributed by atoms with van der Waals surface area (Å²) in [5.74, 6) is 0.915. The van der Waals surface area contributed by atoms with Gasteiger partial charge in [-0.05, 0) is 48.6 Å². The van der Waals surface area contributed by atoms with E-state index >= 15 is 0 Å². The molecule has 1 atom stereocenters. The average molecular weight is 361 g/mol. The summed E-state index contributed by atoms with van der Waals surface area (Å²) in [4.78, 5) is 14.8. The summed E-state index contributed by atoms with van der Waals surface area (Å²) in [5, 5.41) is 3.26. The van der Waals surface area contributed by atoms with Crippen molar-refractivity contribution in [1.82, 2.24) is 5.32 Å². The van der Waals surface area contributed by atoms with Crippen LogP contribution in [0, 0.1) is 0 Å². The first-order chi connectivity index (χ1) is 12.8.